The molecule has 0 unspecified atom stereocenters. The van der Waals surface area contributed by atoms with Crippen LogP contribution in [0.15, 0.2) is 48.8 Å². The first kappa shape index (κ1) is 23.1. The highest BCUT2D eigenvalue weighted by atomic mass is 19.3. The van der Waals surface area contributed by atoms with Gasteiger partial charge in [-0.05, 0) is 35.7 Å². The van der Waals surface area contributed by atoms with Gasteiger partial charge in [0.2, 0.25) is 11.9 Å². The zero-order valence-electron chi connectivity index (χ0n) is 19.9. The Morgan fingerprint density at radius 1 is 1.11 bits per heavy atom. The second-order valence-electron chi connectivity index (χ2n) is 9.31. The molecular weight excluding hydrogens is 485 g/mol. The van der Waals surface area contributed by atoms with Gasteiger partial charge >= 0.3 is 0 Å². The molecule has 1 aromatic carbocycles. The number of amides is 1. The second kappa shape index (κ2) is 8.64. The number of aromatic nitrogens is 5. The van der Waals surface area contributed by atoms with Crippen LogP contribution in [0.3, 0.4) is 0 Å². The molecule has 6 rings (SSSR count). The normalized spacial score (nSPS) is 16.3. The van der Waals surface area contributed by atoms with E-state index in [1.807, 2.05) is 29.2 Å². The number of H-pyrrole nitrogens is 1. The maximum Gasteiger partial charge on any atom is 0.282 e. The van der Waals surface area contributed by atoms with Crippen LogP contribution >= 0.6 is 0 Å². The lowest BCUT2D eigenvalue weighted by atomic mass is 10.1. The Balaban J connectivity index is 1.19. The molecule has 9 nitrogen and oxygen atoms in total. The van der Waals surface area contributed by atoms with Gasteiger partial charge in [0.25, 0.3) is 11.8 Å². The molecule has 12 heteroatoms. The smallest absolute Gasteiger partial charge is 0.282 e. The number of aromatic amines is 1. The fourth-order valence-corrected chi connectivity index (χ4v) is 4.75. The number of likely N-dealkylation sites (tertiary alicyclic amines) is 1. The van der Waals surface area contributed by atoms with Crippen molar-refractivity contribution in [1.82, 2.24) is 29.6 Å². The lowest BCUT2D eigenvalue weighted by Gasteiger charge is -2.38. The number of carbonyl (C=O) groups excluding carboxylic acids is 1. The highest BCUT2D eigenvalue weighted by molar-refractivity contribution is 5.94. The van der Waals surface area contributed by atoms with E-state index >= 15 is 0 Å². The lowest BCUT2D eigenvalue weighted by molar-refractivity contribution is -0.113. The van der Waals surface area contributed by atoms with Gasteiger partial charge in [-0.3, -0.25) is 9.89 Å². The number of benzene rings is 1. The Hall–Kier alpha value is -4.35. The van der Waals surface area contributed by atoms with Crippen molar-refractivity contribution in [2.45, 2.75) is 18.9 Å². The van der Waals surface area contributed by atoms with Crippen LogP contribution in [0.1, 0.15) is 21.7 Å². The number of alkyl halides is 2. The first-order valence-corrected chi connectivity index (χ1v) is 11.8. The minimum atomic E-state index is -2.82. The average Bonchev–Trinajstić information content (AvgIpc) is 3.51. The van der Waals surface area contributed by atoms with E-state index in [4.69, 9.17) is 0 Å². The summed E-state index contributed by atoms with van der Waals surface area (Å²) in [5, 5.41) is 9.85. The number of rotatable bonds is 5. The van der Waals surface area contributed by atoms with Gasteiger partial charge in [0.15, 0.2) is 0 Å². The van der Waals surface area contributed by atoms with Crippen molar-refractivity contribution in [2.75, 3.05) is 29.9 Å². The molecule has 5 heterocycles. The van der Waals surface area contributed by atoms with Gasteiger partial charge in [-0.15, -0.1) is 0 Å². The van der Waals surface area contributed by atoms with Crippen LogP contribution in [-0.2, 0) is 20.0 Å². The molecule has 0 atom stereocenters. The largest absolute Gasteiger partial charge is 0.342 e. The Bertz CT molecular complexity index is 1460. The molecule has 0 spiro atoms. The van der Waals surface area contributed by atoms with Crippen molar-refractivity contribution < 1.29 is 18.0 Å². The number of anilines is 3. The summed E-state index contributed by atoms with van der Waals surface area (Å²) in [7, 11) is 1.74. The van der Waals surface area contributed by atoms with Crippen molar-refractivity contribution in [3.8, 4) is 11.1 Å². The number of halogens is 3. The van der Waals surface area contributed by atoms with Crippen LogP contribution in [0.4, 0.5) is 30.6 Å². The minimum absolute atomic E-state index is 0.222. The predicted octanol–water partition coefficient (Wildman–Crippen LogP) is 3.74. The molecule has 190 valence electrons. The molecule has 2 aliphatic heterocycles. The highest BCUT2D eigenvalue weighted by Crippen LogP contribution is 2.31. The van der Waals surface area contributed by atoms with Gasteiger partial charge in [0.05, 0.1) is 25.8 Å². The molecule has 2 N–H and O–H groups in total. The molecule has 0 aliphatic carbocycles. The monoisotopic (exact) mass is 508 g/mol. The maximum absolute atomic E-state index is 14.5. The van der Waals surface area contributed by atoms with Gasteiger partial charge in [0.1, 0.15) is 11.5 Å². The molecule has 1 saturated heterocycles. The third-order valence-corrected chi connectivity index (χ3v) is 6.75. The second-order valence-corrected chi connectivity index (χ2v) is 9.31. The average molecular weight is 509 g/mol. The number of hydrogen-bond donors (Lipinski definition) is 2. The van der Waals surface area contributed by atoms with Crippen molar-refractivity contribution in [3.63, 3.8) is 0 Å². The SMILES string of the molecule is Cn1c(C(=O)N2CC(F)(F)C2)cc2c1CN(c1nc(F)cc(Nc3ccc(-c4cn[nH]c4)cc3)n1)CC2. The van der Waals surface area contributed by atoms with E-state index in [2.05, 4.69) is 25.5 Å². The molecule has 1 amide bonds. The van der Waals surface area contributed by atoms with E-state index < -0.39 is 30.9 Å². The summed E-state index contributed by atoms with van der Waals surface area (Å²) >= 11 is 0. The summed E-state index contributed by atoms with van der Waals surface area (Å²) in [5.41, 5.74) is 4.85. The quantitative estimate of drug-likeness (QED) is 0.399. The van der Waals surface area contributed by atoms with E-state index in [9.17, 15) is 18.0 Å². The first-order valence-electron chi connectivity index (χ1n) is 11.8. The summed E-state index contributed by atoms with van der Waals surface area (Å²) in [6.07, 6.45) is 4.12. The van der Waals surface area contributed by atoms with Gasteiger partial charge in [-0.25, -0.2) is 8.78 Å². The molecule has 1 fully saturated rings. The Morgan fingerprint density at radius 3 is 2.59 bits per heavy atom. The summed E-state index contributed by atoms with van der Waals surface area (Å²) in [5.74, 6) is -3.37. The van der Waals surface area contributed by atoms with Crippen LogP contribution < -0.4 is 10.2 Å². The van der Waals surface area contributed by atoms with Gasteiger partial charge in [-0.2, -0.15) is 19.5 Å². The molecule has 0 bridgehead atoms. The zero-order valence-corrected chi connectivity index (χ0v) is 19.9. The molecule has 3 aromatic heterocycles. The first-order chi connectivity index (χ1) is 17.8. The predicted molar refractivity (Wildman–Crippen MR) is 130 cm³/mol. The highest BCUT2D eigenvalue weighted by Gasteiger charge is 2.47. The van der Waals surface area contributed by atoms with Crippen molar-refractivity contribution in [1.29, 1.82) is 0 Å². The van der Waals surface area contributed by atoms with Gasteiger partial charge < -0.3 is 19.7 Å². The molecular formula is C25H23F3N8O. The third kappa shape index (κ3) is 4.39. The fourth-order valence-electron chi connectivity index (χ4n) is 4.75. The van der Waals surface area contributed by atoms with E-state index in [0.29, 0.717) is 31.0 Å². The van der Waals surface area contributed by atoms with Crippen molar-refractivity contribution in [2.24, 2.45) is 7.05 Å². The molecule has 0 saturated carbocycles. The number of nitrogens with zero attached hydrogens (tertiary/aromatic N) is 6. The summed E-state index contributed by atoms with van der Waals surface area (Å²) in [6.45, 7) is -0.244. The van der Waals surface area contributed by atoms with Gasteiger partial charge in [0, 0.05) is 42.8 Å². The Kier molecular flexibility index (Phi) is 5.39. The fraction of sp³-hybridized carbons (Fsp3) is 0.280. The number of nitrogens with one attached hydrogen (secondary N) is 2. The molecule has 37 heavy (non-hydrogen) atoms. The number of hydrogen-bond acceptors (Lipinski definition) is 6. The summed E-state index contributed by atoms with van der Waals surface area (Å²) in [4.78, 5) is 24.2. The Morgan fingerprint density at radius 2 is 1.89 bits per heavy atom. The molecule has 0 radical (unpaired) electrons. The van der Waals surface area contributed by atoms with E-state index in [0.717, 1.165) is 33.0 Å². The number of carbonyl (C=O) groups is 1. The van der Waals surface area contributed by atoms with E-state index in [-0.39, 0.29) is 5.95 Å². The van der Waals surface area contributed by atoms with Crippen molar-refractivity contribution in [3.05, 3.63) is 71.7 Å². The summed E-state index contributed by atoms with van der Waals surface area (Å²) < 4.78 is 42.7. The minimum Gasteiger partial charge on any atom is -0.342 e. The van der Waals surface area contributed by atoms with Crippen LogP contribution in [0.25, 0.3) is 11.1 Å². The van der Waals surface area contributed by atoms with E-state index in [1.54, 1.807) is 30.1 Å². The number of fused-ring (bicyclic) bond motifs is 1. The van der Waals surface area contributed by atoms with Crippen LogP contribution in [0.2, 0.25) is 0 Å². The van der Waals surface area contributed by atoms with Crippen LogP contribution in [0, 0.1) is 5.95 Å². The van der Waals surface area contributed by atoms with E-state index in [1.165, 1.54) is 6.07 Å². The molecule has 4 aromatic rings. The zero-order chi connectivity index (χ0) is 25.7. The van der Waals surface area contributed by atoms with Gasteiger partial charge in [-0.1, -0.05) is 12.1 Å². The third-order valence-electron chi connectivity index (χ3n) is 6.75. The summed E-state index contributed by atoms with van der Waals surface area (Å²) in [6, 6.07) is 10.6. The van der Waals surface area contributed by atoms with Crippen LogP contribution in [0.5, 0.6) is 0 Å². The molecule has 2 aliphatic rings. The maximum atomic E-state index is 14.5. The lowest BCUT2D eigenvalue weighted by Crippen LogP contribution is -2.58. The topological polar surface area (TPSA) is 95.0 Å². The van der Waals surface area contributed by atoms with Crippen molar-refractivity contribution >= 4 is 23.4 Å². The standard InChI is InChI=1S/C25H23F3N8O/c1-34-19(23(37)36-13-25(27,28)14-36)8-16-6-7-35(12-20(16)34)24-32-21(26)9-22(33-24)31-18-4-2-15(3-5-18)17-10-29-30-11-17/h2-5,8-11H,6-7,12-14H2,1H3,(H,29,30)(H,31,32,33). The van der Waals surface area contributed by atoms with Crippen LogP contribution in [-0.4, -0.2) is 61.1 Å². The Labute approximate surface area is 209 Å².